The number of hydrogen-bond donors (Lipinski definition) is 1. The van der Waals surface area contributed by atoms with Gasteiger partial charge in [0.05, 0.1) is 14.2 Å². The van der Waals surface area contributed by atoms with E-state index >= 15 is 0 Å². The fraction of sp³-hybridized carbons (Fsp3) is 0.333. The minimum absolute atomic E-state index is 0.761. The van der Waals surface area contributed by atoms with Gasteiger partial charge in [-0.2, -0.15) is 0 Å². The van der Waals surface area contributed by atoms with Crippen molar-refractivity contribution in [1.29, 1.82) is 0 Å². The SMILES string of the molecule is CCc1oc2ccccc2c1CNCCc1ccc(OC)c(OC)c1. The third-order valence-electron chi connectivity index (χ3n) is 4.44. The Balaban J connectivity index is 1.62. The van der Waals surface area contributed by atoms with E-state index in [2.05, 4.69) is 30.4 Å². The lowest BCUT2D eigenvalue weighted by Crippen LogP contribution is -2.17. The molecule has 0 radical (unpaired) electrons. The molecule has 0 aliphatic carbocycles. The van der Waals surface area contributed by atoms with Gasteiger partial charge in [-0.25, -0.2) is 0 Å². The molecule has 4 heteroatoms. The summed E-state index contributed by atoms with van der Waals surface area (Å²) in [4.78, 5) is 0. The Morgan fingerprint density at radius 2 is 1.80 bits per heavy atom. The molecule has 0 amide bonds. The van der Waals surface area contributed by atoms with Crippen molar-refractivity contribution >= 4 is 11.0 Å². The summed E-state index contributed by atoms with van der Waals surface area (Å²) >= 11 is 0. The number of fused-ring (bicyclic) bond motifs is 1. The number of para-hydroxylation sites is 1. The van der Waals surface area contributed by atoms with Crippen LogP contribution >= 0.6 is 0 Å². The molecule has 0 bridgehead atoms. The smallest absolute Gasteiger partial charge is 0.160 e. The lowest BCUT2D eigenvalue weighted by molar-refractivity contribution is 0.354. The number of furan rings is 1. The average molecular weight is 339 g/mol. The summed E-state index contributed by atoms with van der Waals surface area (Å²) in [6.45, 7) is 3.83. The van der Waals surface area contributed by atoms with Crippen molar-refractivity contribution < 1.29 is 13.9 Å². The molecule has 0 aliphatic rings. The third-order valence-corrected chi connectivity index (χ3v) is 4.44. The number of benzene rings is 2. The molecule has 3 rings (SSSR count). The molecular formula is C21H25NO3. The predicted octanol–water partition coefficient (Wildman–Crippen LogP) is 4.34. The van der Waals surface area contributed by atoms with Gasteiger partial charge in [0.15, 0.2) is 11.5 Å². The van der Waals surface area contributed by atoms with Crippen LogP contribution in [0.5, 0.6) is 11.5 Å². The van der Waals surface area contributed by atoms with Crippen molar-refractivity contribution in [3.8, 4) is 11.5 Å². The van der Waals surface area contributed by atoms with Crippen LogP contribution in [0.25, 0.3) is 11.0 Å². The highest BCUT2D eigenvalue weighted by molar-refractivity contribution is 5.82. The largest absolute Gasteiger partial charge is 0.493 e. The lowest BCUT2D eigenvalue weighted by atomic mass is 10.1. The molecule has 0 aliphatic heterocycles. The van der Waals surface area contributed by atoms with Gasteiger partial charge < -0.3 is 19.2 Å². The van der Waals surface area contributed by atoms with E-state index in [0.29, 0.717) is 0 Å². The Morgan fingerprint density at radius 3 is 2.56 bits per heavy atom. The fourth-order valence-electron chi connectivity index (χ4n) is 3.11. The molecule has 1 N–H and O–H groups in total. The summed E-state index contributed by atoms with van der Waals surface area (Å²) in [5.74, 6) is 2.60. The van der Waals surface area contributed by atoms with Crippen molar-refractivity contribution in [2.24, 2.45) is 0 Å². The number of aryl methyl sites for hydroxylation is 1. The zero-order valence-electron chi connectivity index (χ0n) is 15.1. The van der Waals surface area contributed by atoms with Gasteiger partial charge in [0, 0.05) is 23.9 Å². The number of nitrogens with one attached hydrogen (secondary N) is 1. The molecule has 0 saturated carbocycles. The number of rotatable bonds is 8. The van der Waals surface area contributed by atoms with Gasteiger partial charge in [-0.1, -0.05) is 31.2 Å². The summed E-state index contributed by atoms with van der Waals surface area (Å²) in [5, 5.41) is 4.74. The predicted molar refractivity (Wildman–Crippen MR) is 101 cm³/mol. The molecule has 1 aromatic heterocycles. The molecular weight excluding hydrogens is 314 g/mol. The van der Waals surface area contributed by atoms with E-state index in [4.69, 9.17) is 13.9 Å². The Labute approximate surface area is 148 Å². The van der Waals surface area contributed by atoms with Crippen LogP contribution in [0, 0.1) is 0 Å². The van der Waals surface area contributed by atoms with Crippen LogP contribution in [0.2, 0.25) is 0 Å². The Morgan fingerprint density at radius 1 is 1.00 bits per heavy atom. The van der Waals surface area contributed by atoms with E-state index in [-0.39, 0.29) is 0 Å². The van der Waals surface area contributed by atoms with Gasteiger partial charge in [0.2, 0.25) is 0 Å². The van der Waals surface area contributed by atoms with Crippen molar-refractivity contribution in [2.75, 3.05) is 20.8 Å². The van der Waals surface area contributed by atoms with Crippen molar-refractivity contribution in [2.45, 2.75) is 26.3 Å². The zero-order valence-corrected chi connectivity index (χ0v) is 15.1. The Hall–Kier alpha value is -2.46. The Kier molecular flexibility index (Phi) is 5.61. The van der Waals surface area contributed by atoms with E-state index in [1.807, 2.05) is 24.3 Å². The third kappa shape index (κ3) is 3.80. The second kappa shape index (κ2) is 8.08. The first-order valence-corrected chi connectivity index (χ1v) is 8.67. The van der Waals surface area contributed by atoms with Crippen molar-refractivity contribution in [1.82, 2.24) is 5.32 Å². The molecule has 25 heavy (non-hydrogen) atoms. The van der Waals surface area contributed by atoms with Gasteiger partial charge in [-0.05, 0) is 36.7 Å². The second-order valence-electron chi connectivity index (χ2n) is 5.97. The molecule has 0 unspecified atom stereocenters. The zero-order chi connectivity index (χ0) is 17.6. The first-order chi connectivity index (χ1) is 12.3. The highest BCUT2D eigenvalue weighted by Crippen LogP contribution is 2.28. The number of methoxy groups -OCH3 is 2. The van der Waals surface area contributed by atoms with Gasteiger partial charge in [-0.15, -0.1) is 0 Å². The van der Waals surface area contributed by atoms with E-state index in [0.717, 1.165) is 48.8 Å². The van der Waals surface area contributed by atoms with Gasteiger partial charge in [0.25, 0.3) is 0 Å². The van der Waals surface area contributed by atoms with E-state index in [9.17, 15) is 0 Å². The molecule has 2 aromatic carbocycles. The molecule has 0 spiro atoms. The number of hydrogen-bond acceptors (Lipinski definition) is 4. The lowest BCUT2D eigenvalue weighted by Gasteiger charge is -2.10. The standard InChI is InChI=1S/C21H25NO3/c1-4-18-17(16-7-5-6-8-19(16)25-18)14-22-12-11-15-9-10-20(23-2)21(13-15)24-3/h5-10,13,22H,4,11-12,14H2,1-3H3. The molecule has 0 saturated heterocycles. The maximum absolute atomic E-state index is 5.95. The summed E-state index contributed by atoms with van der Waals surface area (Å²) in [6, 6.07) is 14.3. The Bertz CT molecular complexity index is 838. The van der Waals surface area contributed by atoms with Crippen LogP contribution in [0.3, 0.4) is 0 Å². The van der Waals surface area contributed by atoms with E-state index in [1.54, 1.807) is 14.2 Å². The molecule has 4 nitrogen and oxygen atoms in total. The highest BCUT2D eigenvalue weighted by Gasteiger charge is 2.11. The van der Waals surface area contributed by atoms with Crippen LogP contribution in [0.4, 0.5) is 0 Å². The summed E-state index contributed by atoms with van der Waals surface area (Å²) in [5.41, 5.74) is 3.46. The molecule has 0 atom stereocenters. The maximum Gasteiger partial charge on any atom is 0.160 e. The first-order valence-electron chi connectivity index (χ1n) is 8.67. The molecule has 132 valence electrons. The van der Waals surface area contributed by atoms with Gasteiger partial charge in [-0.3, -0.25) is 0 Å². The van der Waals surface area contributed by atoms with E-state index in [1.165, 1.54) is 16.5 Å². The van der Waals surface area contributed by atoms with Crippen LogP contribution in [0.15, 0.2) is 46.9 Å². The fourth-order valence-corrected chi connectivity index (χ4v) is 3.11. The number of ether oxygens (including phenoxy) is 2. The molecule has 0 fully saturated rings. The van der Waals surface area contributed by atoms with Crippen molar-refractivity contribution in [3.63, 3.8) is 0 Å². The van der Waals surface area contributed by atoms with Crippen molar-refractivity contribution in [3.05, 3.63) is 59.4 Å². The van der Waals surface area contributed by atoms with Crippen LogP contribution in [0.1, 0.15) is 23.8 Å². The maximum atomic E-state index is 5.95. The van der Waals surface area contributed by atoms with Gasteiger partial charge >= 0.3 is 0 Å². The van der Waals surface area contributed by atoms with Crippen LogP contribution in [-0.2, 0) is 19.4 Å². The minimum Gasteiger partial charge on any atom is -0.493 e. The summed E-state index contributed by atoms with van der Waals surface area (Å²) in [7, 11) is 3.32. The monoisotopic (exact) mass is 339 g/mol. The van der Waals surface area contributed by atoms with Crippen LogP contribution < -0.4 is 14.8 Å². The van der Waals surface area contributed by atoms with Crippen LogP contribution in [-0.4, -0.2) is 20.8 Å². The summed E-state index contributed by atoms with van der Waals surface area (Å²) in [6.07, 6.45) is 1.83. The quantitative estimate of drug-likeness (QED) is 0.620. The minimum atomic E-state index is 0.761. The first kappa shape index (κ1) is 17.4. The second-order valence-corrected chi connectivity index (χ2v) is 5.97. The van der Waals surface area contributed by atoms with Gasteiger partial charge in [0.1, 0.15) is 11.3 Å². The normalized spacial score (nSPS) is 11.0. The summed E-state index contributed by atoms with van der Waals surface area (Å²) < 4.78 is 16.6. The topological polar surface area (TPSA) is 43.6 Å². The van der Waals surface area contributed by atoms with E-state index < -0.39 is 0 Å². The molecule has 1 heterocycles. The highest BCUT2D eigenvalue weighted by atomic mass is 16.5. The molecule has 3 aromatic rings. The average Bonchev–Trinajstić information content (AvgIpc) is 3.02.